The molecule has 6 aromatic heterocycles. The zero-order valence-corrected chi connectivity index (χ0v) is 39.1. The van der Waals surface area contributed by atoms with Crippen molar-refractivity contribution in [2.24, 2.45) is 0 Å². The van der Waals surface area contributed by atoms with Gasteiger partial charge >= 0.3 is 0 Å². The molecule has 0 bridgehead atoms. The molecular weight excluding hydrogens is 911 g/mol. The summed E-state index contributed by atoms with van der Waals surface area (Å²) in [4.78, 5) is 16.3. The van der Waals surface area contributed by atoms with E-state index in [1.165, 1.54) is 40.3 Å². The van der Waals surface area contributed by atoms with Gasteiger partial charge in [-0.25, -0.2) is 15.0 Å². The molecule has 0 aliphatic heterocycles. The lowest BCUT2D eigenvalue weighted by atomic mass is 9.98. The molecule has 330 valence electrons. The van der Waals surface area contributed by atoms with E-state index in [0.717, 1.165) is 105 Å². The Hall–Kier alpha value is -8.95. The first kappa shape index (κ1) is 39.0. The zero-order chi connectivity index (χ0) is 46.3. The molecule has 6 nitrogen and oxygen atoms in total. The maximum atomic E-state index is 6.64. The van der Waals surface area contributed by atoms with Crippen molar-refractivity contribution in [3.8, 4) is 56.4 Å². The molecule has 71 heavy (non-hydrogen) atoms. The monoisotopic (exact) mass is 943 g/mol. The molecule has 0 aliphatic rings. The van der Waals surface area contributed by atoms with Crippen LogP contribution in [0.1, 0.15) is 0 Å². The number of hydrogen-bond donors (Lipinski definition) is 0. The maximum Gasteiger partial charge on any atom is 0.164 e. The molecule has 0 fully saturated rings. The van der Waals surface area contributed by atoms with E-state index in [1.54, 1.807) is 0 Å². The highest BCUT2D eigenvalue weighted by Crippen LogP contribution is 2.44. The SMILES string of the molecule is c1ccc2c(c1)oc1cccc(-c3nc(-c4cccc5oc6ccc(-c7ccc8sc9ccccc9c8c7)cc6c45)nc(-c4cccc5oc6ccc(-c7ccc8sc9ccccc9c8c7)cc6c45)n3)c12. The Morgan fingerprint density at radius 3 is 1.06 bits per heavy atom. The lowest BCUT2D eigenvalue weighted by Crippen LogP contribution is -2.01. The second kappa shape index (κ2) is 14.8. The summed E-state index contributed by atoms with van der Waals surface area (Å²) in [5.41, 5.74) is 11.7. The van der Waals surface area contributed by atoms with E-state index in [2.05, 4.69) is 146 Å². The number of nitrogens with zero attached hydrogens (tertiary/aromatic N) is 3. The van der Waals surface area contributed by atoms with Gasteiger partial charge in [-0.05, 0) is 107 Å². The number of furan rings is 3. The summed E-state index contributed by atoms with van der Waals surface area (Å²) in [5.74, 6) is 1.59. The first-order chi connectivity index (χ1) is 35.1. The second-order valence-electron chi connectivity index (χ2n) is 18.2. The van der Waals surface area contributed by atoms with Gasteiger partial charge < -0.3 is 13.3 Å². The maximum absolute atomic E-state index is 6.64. The third-order valence-electron chi connectivity index (χ3n) is 14.2. The first-order valence-electron chi connectivity index (χ1n) is 23.5. The molecule has 0 atom stereocenters. The molecule has 0 spiro atoms. The number of hydrogen-bond acceptors (Lipinski definition) is 8. The minimum absolute atomic E-state index is 0.529. The molecule has 16 rings (SSSR count). The Morgan fingerprint density at radius 1 is 0.254 bits per heavy atom. The van der Waals surface area contributed by atoms with E-state index >= 15 is 0 Å². The van der Waals surface area contributed by atoms with E-state index < -0.39 is 0 Å². The van der Waals surface area contributed by atoms with Crippen LogP contribution in [0.25, 0.3) is 163 Å². The predicted molar refractivity (Wildman–Crippen MR) is 295 cm³/mol. The molecule has 0 N–H and O–H groups in total. The fourth-order valence-electron chi connectivity index (χ4n) is 10.9. The van der Waals surface area contributed by atoms with Gasteiger partial charge in [-0.2, -0.15) is 0 Å². The summed E-state index contributed by atoms with van der Waals surface area (Å²) in [7, 11) is 0. The van der Waals surface area contributed by atoms with Gasteiger partial charge in [-0.1, -0.05) is 115 Å². The summed E-state index contributed by atoms with van der Waals surface area (Å²) < 4.78 is 24.8. The van der Waals surface area contributed by atoms with Crippen molar-refractivity contribution in [2.75, 3.05) is 0 Å². The highest BCUT2D eigenvalue weighted by Gasteiger charge is 2.23. The van der Waals surface area contributed by atoms with Gasteiger partial charge in [0.1, 0.15) is 33.5 Å². The van der Waals surface area contributed by atoms with Gasteiger partial charge in [0, 0.05) is 89.4 Å². The fourth-order valence-corrected chi connectivity index (χ4v) is 13.1. The number of thiophene rings is 2. The van der Waals surface area contributed by atoms with Crippen LogP contribution in [0.15, 0.2) is 213 Å². The third-order valence-corrected chi connectivity index (χ3v) is 16.5. The zero-order valence-electron chi connectivity index (χ0n) is 37.4. The number of fused-ring (bicyclic) bond motifs is 15. The molecule has 0 saturated heterocycles. The van der Waals surface area contributed by atoms with Crippen molar-refractivity contribution >= 4 is 129 Å². The average Bonchev–Trinajstić information content (AvgIpc) is 4.26. The average molecular weight is 944 g/mol. The van der Waals surface area contributed by atoms with Gasteiger partial charge in [-0.15, -0.1) is 22.7 Å². The van der Waals surface area contributed by atoms with Gasteiger partial charge in [0.15, 0.2) is 17.5 Å². The Bertz CT molecular complexity index is 4670. The van der Waals surface area contributed by atoms with Crippen molar-refractivity contribution in [3.05, 3.63) is 200 Å². The number of benzene rings is 10. The predicted octanol–water partition coefficient (Wildman–Crippen LogP) is 18.6. The van der Waals surface area contributed by atoms with E-state index in [1.807, 2.05) is 77.3 Å². The van der Waals surface area contributed by atoms with Gasteiger partial charge in [0.05, 0.1) is 0 Å². The quantitative estimate of drug-likeness (QED) is 0.171. The van der Waals surface area contributed by atoms with Crippen LogP contribution in [0.2, 0.25) is 0 Å². The van der Waals surface area contributed by atoms with Crippen LogP contribution < -0.4 is 0 Å². The van der Waals surface area contributed by atoms with Crippen LogP contribution in [0.3, 0.4) is 0 Å². The van der Waals surface area contributed by atoms with E-state index in [-0.39, 0.29) is 0 Å². The van der Waals surface area contributed by atoms with Crippen LogP contribution in [0, 0.1) is 0 Å². The normalized spacial score (nSPS) is 12.2. The molecular formula is C63H33N3O3S2. The smallest absolute Gasteiger partial charge is 0.164 e. The number of aromatic nitrogens is 3. The molecule has 16 aromatic rings. The molecule has 6 heterocycles. The standard InChI is InChI=1S/C63H33N3O3S2/c1-4-16-48-40(12-1)58-41(13-7-17-51(58)67-48)61-64-62(42-14-8-18-52-59(42)46-32-34(22-26-49(46)68-52)36-24-28-56-44(30-36)38-10-2-5-20-54(38)70-56)66-63(65-61)43-15-9-19-53-60(43)47-33-35(23-27-50(47)69-53)37-25-29-57-45(31-37)39-11-3-6-21-55(39)71-57/h1-33H. The summed E-state index contributed by atoms with van der Waals surface area (Å²) in [5, 5.41) is 10.9. The summed E-state index contributed by atoms with van der Waals surface area (Å²) in [6.07, 6.45) is 0. The van der Waals surface area contributed by atoms with Crippen LogP contribution in [-0.2, 0) is 0 Å². The summed E-state index contributed by atoms with van der Waals surface area (Å²) in [6, 6.07) is 70.3. The van der Waals surface area contributed by atoms with Crippen LogP contribution in [0.4, 0.5) is 0 Å². The van der Waals surface area contributed by atoms with Crippen LogP contribution in [0.5, 0.6) is 0 Å². The van der Waals surface area contributed by atoms with E-state index in [4.69, 9.17) is 28.2 Å². The van der Waals surface area contributed by atoms with E-state index in [0.29, 0.717) is 17.5 Å². The fraction of sp³-hybridized carbons (Fsp3) is 0. The van der Waals surface area contributed by atoms with Gasteiger partial charge in [-0.3, -0.25) is 0 Å². The van der Waals surface area contributed by atoms with Crippen molar-refractivity contribution < 1.29 is 13.3 Å². The lowest BCUT2D eigenvalue weighted by Gasteiger charge is -2.11. The van der Waals surface area contributed by atoms with Crippen LogP contribution in [-0.4, -0.2) is 15.0 Å². The molecule has 0 unspecified atom stereocenters. The highest BCUT2D eigenvalue weighted by molar-refractivity contribution is 7.26. The third kappa shape index (κ3) is 5.89. The number of rotatable bonds is 5. The Labute approximate surface area is 411 Å². The lowest BCUT2D eigenvalue weighted by molar-refractivity contribution is 0.668. The topological polar surface area (TPSA) is 78.1 Å². The van der Waals surface area contributed by atoms with Crippen molar-refractivity contribution in [1.82, 2.24) is 15.0 Å². The van der Waals surface area contributed by atoms with Gasteiger partial charge in [0.2, 0.25) is 0 Å². The van der Waals surface area contributed by atoms with Crippen molar-refractivity contribution in [1.29, 1.82) is 0 Å². The van der Waals surface area contributed by atoms with Crippen molar-refractivity contribution in [3.63, 3.8) is 0 Å². The molecule has 0 saturated carbocycles. The Balaban J connectivity index is 0.920. The molecule has 0 aliphatic carbocycles. The summed E-state index contributed by atoms with van der Waals surface area (Å²) >= 11 is 3.66. The second-order valence-corrected chi connectivity index (χ2v) is 20.4. The minimum Gasteiger partial charge on any atom is -0.456 e. The molecule has 0 radical (unpaired) electrons. The minimum atomic E-state index is 0.529. The first-order valence-corrected chi connectivity index (χ1v) is 25.2. The Kier molecular flexibility index (Phi) is 8.11. The largest absolute Gasteiger partial charge is 0.456 e. The van der Waals surface area contributed by atoms with E-state index in [9.17, 15) is 0 Å². The molecule has 8 heteroatoms. The van der Waals surface area contributed by atoms with Gasteiger partial charge in [0.25, 0.3) is 0 Å². The van der Waals surface area contributed by atoms with Crippen molar-refractivity contribution in [2.45, 2.75) is 0 Å². The summed E-state index contributed by atoms with van der Waals surface area (Å²) in [6.45, 7) is 0. The highest BCUT2D eigenvalue weighted by atomic mass is 32.1. The molecule has 0 amide bonds. The van der Waals surface area contributed by atoms with Crippen LogP contribution >= 0.6 is 22.7 Å². The molecule has 10 aromatic carbocycles. The number of para-hydroxylation sites is 1. The Morgan fingerprint density at radius 2 is 0.592 bits per heavy atom.